The van der Waals surface area contributed by atoms with Crippen molar-refractivity contribution in [1.29, 1.82) is 0 Å². The summed E-state index contributed by atoms with van der Waals surface area (Å²) in [5.74, 6) is 3.07. The van der Waals surface area contributed by atoms with E-state index in [2.05, 4.69) is 44.1 Å². The molecule has 0 radical (unpaired) electrons. The van der Waals surface area contributed by atoms with Gasteiger partial charge in [0, 0.05) is 24.7 Å². The van der Waals surface area contributed by atoms with Crippen molar-refractivity contribution in [3.8, 4) is 0 Å². The summed E-state index contributed by atoms with van der Waals surface area (Å²) >= 11 is 0. The highest BCUT2D eigenvalue weighted by molar-refractivity contribution is 5.20. The maximum atomic E-state index is 5.87. The fourth-order valence-corrected chi connectivity index (χ4v) is 2.60. The van der Waals surface area contributed by atoms with E-state index < -0.39 is 0 Å². The first-order valence-electron chi connectivity index (χ1n) is 7.54. The average molecular weight is 264 g/mol. The van der Waals surface area contributed by atoms with Crippen molar-refractivity contribution < 1.29 is 4.42 Å². The molecule has 19 heavy (non-hydrogen) atoms. The molecule has 0 unspecified atom stereocenters. The molecule has 1 N–H and O–H groups in total. The Morgan fingerprint density at radius 3 is 2.74 bits per heavy atom. The highest BCUT2D eigenvalue weighted by Gasteiger charge is 2.19. The van der Waals surface area contributed by atoms with E-state index >= 15 is 0 Å². The second kappa shape index (κ2) is 6.58. The van der Waals surface area contributed by atoms with Crippen LogP contribution in [0.25, 0.3) is 0 Å². The van der Waals surface area contributed by atoms with Gasteiger partial charge in [0.1, 0.15) is 11.5 Å². The summed E-state index contributed by atoms with van der Waals surface area (Å²) in [5, 5.41) is 3.45. The quantitative estimate of drug-likeness (QED) is 0.819. The molecule has 0 bridgehead atoms. The van der Waals surface area contributed by atoms with Gasteiger partial charge < -0.3 is 9.73 Å². The van der Waals surface area contributed by atoms with Crippen LogP contribution in [-0.2, 0) is 13.1 Å². The molecule has 108 valence electrons. The minimum atomic E-state index is 0.513. The first kappa shape index (κ1) is 14.6. The van der Waals surface area contributed by atoms with E-state index in [0.717, 1.165) is 30.5 Å². The minimum Gasteiger partial charge on any atom is -0.465 e. The van der Waals surface area contributed by atoms with E-state index in [0.29, 0.717) is 6.04 Å². The van der Waals surface area contributed by atoms with Crippen molar-refractivity contribution in [3.63, 3.8) is 0 Å². The molecule has 2 rings (SSSR count). The standard InChI is InChI=1S/C16H28N2O/c1-12(2)17-9-15-8-16(19-13(15)3)11-18(4)10-14-6-5-7-14/h8,12,14,17H,5-7,9-11H2,1-4H3. The van der Waals surface area contributed by atoms with Crippen molar-refractivity contribution >= 4 is 0 Å². The van der Waals surface area contributed by atoms with Crippen molar-refractivity contribution in [2.24, 2.45) is 5.92 Å². The lowest BCUT2D eigenvalue weighted by atomic mass is 9.85. The normalized spacial score (nSPS) is 16.3. The van der Waals surface area contributed by atoms with Gasteiger partial charge in [-0.2, -0.15) is 0 Å². The first-order valence-corrected chi connectivity index (χ1v) is 7.54. The van der Waals surface area contributed by atoms with Crippen molar-refractivity contribution in [3.05, 3.63) is 23.2 Å². The smallest absolute Gasteiger partial charge is 0.118 e. The zero-order valence-electron chi connectivity index (χ0n) is 12.8. The van der Waals surface area contributed by atoms with Gasteiger partial charge in [0.25, 0.3) is 0 Å². The van der Waals surface area contributed by atoms with Crippen LogP contribution in [0.5, 0.6) is 0 Å². The maximum absolute atomic E-state index is 5.87. The molecular weight excluding hydrogens is 236 g/mol. The van der Waals surface area contributed by atoms with E-state index in [1.54, 1.807) is 0 Å². The van der Waals surface area contributed by atoms with Gasteiger partial charge in [-0.3, -0.25) is 4.90 Å². The number of furan rings is 1. The number of hydrogen-bond acceptors (Lipinski definition) is 3. The Bertz CT molecular complexity index is 393. The van der Waals surface area contributed by atoms with Crippen LogP contribution >= 0.6 is 0 Å². The first-order chi connectivity index (χ1) is 9.04. The lowest BCUT2D eigenvalue weighted by Gasteiger charge is -2.29. The molecule has 0 saturated heterocycles. The number of hydrogen-bond donors (Lipinski definition) is 1. The van der Waals surface area contributed by atoms with E-state index in [-0.39, 0.29) is 0 Å². The molecule has 1 saturated carbocycles. The zero-order valence-corrected chi connectivity index (χ0v) is 12.8. The molecule has 1 heterocycles. The molecule has 1 aromatic heterocycles. The van der Waals surface area contributed by atoms with Crippen LogP contribution in [0.4, 0.5) is 0 Å². The van der Waals surface area contributed by atoms with E-state index in [4.69, 9.17) is 4.42 Å². The second-order valence-corrected chi connectivity index (χ2v) is 6.32. The molecule has 3 nitrogen and oxygen atoms in total. The Morgan fingerprint density at radius 1 is 1.42 bits per heavy atom. The monoisotopic (exact) mass is 264 g/mol. The molecule has 1 aromatic rings. The molecule has 0 amide bonds. The third-order valence-corrected chi connectivity index (χ3v) is 3.99. The third kappa shape index (κ3) is 4.36. The van der Waals surface area contributed by atoms with Crippen molar-refractivity contribution in [2.75, 3.05) is 13.6 Å². The number of nitrogens with zero attached hydrogens (tertiary/aromatic N) is 1. The zero-order chi connectivity index (χ0) is 13.8. The lowest BCUT2D eigenvalue weighted by Crippen LogP contribution is -2.28. The summed E-state index contributed by atoms with van der Waals surface area (Å²) in [4.78, 5) is 2.39. The SMILES string of the molecule is Cc1oc(CN(C)CC2CCC2)cc1CNC(C)C. The van der Waals surface area contributed by atoms with Crippen LogP contribution in [-0.4, -0.2) is 24.5 Å². The third-order valence-electron chi connectivity index (χ3n) is 3.99. The minimum absolute atomic E-state index is 0.513. The molecule has 0 aliphatic heterocycles. The van der Waals surface area contributed by atoms with Gasteiger partial charge in [0.2, 0.25) is 0 Å². The molecule has 0 aromatic carbocycles. The van der Waals surface area contributed by atoms with Gasteiger partial charge in [0.15, 0.2) is 0 Å². The fourth-order valence-electron chi connectivity index (χ4n) is 2.60. The summed E-state index contributed by atoms with van der Waals surface area (Å²) in [5.41, 5.74) is 1.29. The van der Waals surface area contributed by atoms with Gasteiger partial charge in [-0.15, -0.1) is 0 Å². The highest BCUT2D eigenvalue weighted by atomic mass is 16.3. The van der Waals surface area contributed by atoms with Gasteiger partial charge in [-0.25, -0.2) is 0 Å². The van der Waals surface area contributed by atoms with Crippen molar-refractivity contribution in [1.82, 2.24) is 10.2 Å². The number of aryl methyl sites for hydroxylation is 1. The molecule has 1 fully saturated rings. The lowest BCUT2D eigenvalue weighted by molar-refractivity contribution is 0.190. The maximum Gasteiger partial charge on any atom is 0.118 e. The topological polar surface area (TPSA) is 28.4 Å². The van der Waals surface area contributed by atoms with Crippen LogP contribution in [0, 0.1) is 12.8 Å². The molecule has 3 heteroatoms. The molecule has 1 aliphatic carbocycles. The van der Waals surface area contributed by atoms with Crippen LogP contribution < -0.4 is 5.32 Å². The molecular formula is C16H28N2O. The van der Waals surface area contributed by atoms with E-state index in [1.807, 2.05) is 0 Å². The van der Waals surface area contributed by atoms with Crippen LogP contribution in [0.2, 0.25) is 0 Å². The Labute approximate surface area is 117 Å². The van der Waals surface area contributed by atoms with Gasteiger partial charge in [-0.1, -0.05) is 20.3 Å². The van der Waals surface area contributed by atoms with Crippen LogP contribution in [0.1, 0.15) is 50.2 Å². The predicted molar refractivity (Wildman–Crippen MR) is 79.1 cm³/mol. The van der Waals surface area contributed by atoms with Crippen LogP contribution in [0.15, 0.2) is 10.5 Å². The summed E-state index contributed by atoms with van der Waals surface area (Å²) in [7, 11) is 2.20. The molecule has 1 aliphatic rings. The van der Waals surface area contributed by atoms with Gasteiger partial charge in [-0.05, 0) is 38.8 Å². The van der Waals surface area contributed by atoms with Crippen molar-refractivity contribution in [2.45, 2.75) is 59.2 Å². The molecule has 0 spiro atoms. The second-order valence-electron chi connectivity index (χ2n) is 6.32. The highest BCUT2D eigenvalue weighted by Crippen LogP contribution is 2.27. The average Bonchev–Trinajstić information content (AvgIpc) is 2.61. The largest absolute Gasteiger partial charge is 0.465 e. The van der Waals surface area contributed by atoms with E-state index in [1.165, 1.54) is 31.4 Å². The Kier molecular flexibility index (Phi) is 5.06. The van der Waals surface area contributed by atoms with E-state index in [9.17, 15) is 0 Å². The van der Waals surface area contributed by atoms with Crippen LogP contribution in [0.3, 0.4) is 0 Å². The summed E-state index contributed by atoms with van der Waals surface area (Å²) in [6.07, 6.45) is 4.24. The number of rotatable bonds is 7. The summed E-state index contributed by atoms with van der Waals surface area (Å²) < 4.78 is 5.87. The Hall–Kier alpha value is -0.800. The summed E-state index contributed by atoms with van der Waals surface area (Å²) in [6, 6.07) is 2.72. The number of nitrogens with one attached hydrogen (secondary N) is 1. The predicted octanol–water partition coefficient (Wildman–Crippen LogP) is 3.32. The van der Waals surface area contributed by atoms with Gasteiger partial charge in [0.05, 0.1) is 6.54 Å². The Balaban J connectivity index is 1.84. The van der Waals surface area contributed by atoms with Gasteiger partial charge >= 0.3 is 0 Å². The summed E-state index contributed by atoms with van der Waals surface area (Å²) in [6.45, 7) is 9.44. The Morgan fingerprint density at radius 2 is 2.16 bits per heavy atom. The molecule has 0 atom stereocenters. The fraction of sp³-hybridized carbons (Fsp3) is 0.750.